The summed E-state index contributed by atoms with van der Waals surface area (Å²) in [7, 11) is 1.82. The standard InChI is InChI=1S/C22H24F2N4O/c1-27-14-18(12-26-27)16-8-17-9-19(25-13-20(17)21(24)10-16)11-22(29)15-2-5-28(6-3-15)7-4-23/h8-10,12-15H,2-7,11H2,1H3. The minimum Gasteiger partial charge on any atom is -0.301 e. The van der Waals surface area contributed by atoms with Gasteiger partial charge in [-0.15, -0.1) is 0 Å². The third kappa shape index (κ3) is 4.34. The molecule has 1 fully saturated rings. The van der Waals surface area contributed by atoms with Crippen LogP contribution < -0.4 is 0 Å². The number of ketones is 1. The lowest BCUT2D eigenvalue weighted by Crippen LogP contribution is -2.37. The van der Waals surface area contributed by atoms with Crippen molar-refractivity contribution in [3.8, 4) is 11.1 Å². The first-order valence-corrected chi connectivity index (χ1v) is 9.91. The number of nitrogens with zero attached hydrogens (tertiary/aromatic N) is 4. The molecule has 5 nitrogen and oxygen atoms in total. The summed E-state index contributed by atoms with van der Waals surface area (Å²) >= 11 is 0. The maximum Gasteiger partial charge on any atom is 0.142 e. The van der Waals surface area contributed by atoms with Crippen molar-refractivity contribution in [2.75, 3.05) is 26.3 Å². The smallest absolute Gasteiger partial charge is 0.142 e. The van der Waals surface area contributed by atoms with Gasteiger partial charge in [0.05, 0.1) is 6.20 Å². The maximum atomic E-state index is 14.6. The molecule has 0 radical (unpaired) electrons. The van der Waals surface area contributed by atoms with E-state index in [1.54, 1.807) is 16.9 Å². The molecule has 7 heteroatoms. The monoisotopic (exact) mass is 398 g/mol. The Kier molecular flexibility index (Phi) is 5.67. The molecule has 0 amide bonds. The molecule has 0 N–H and O–H groups in total. The lowest BCUT2D eigenvalue weighted by atomic mass is 9.90. The molecule has 1 aromatic carbocycles. The average molecular weight is 398 g/mol. The second-order valence-corrected chi connectivity index (χ2v) is 7.71. The number of hydrogen-bond donors (Lipinski definition) is 0. The van der Waals surface area contributed by atoms with Crippen LogP contribution >= 0.6 is 0 Å². The topological polar surface area (TPSA) is 51.0 Å². The fourth-order valence-corrected chi connectivity index (χ4v) is 4.01. The van der Waals surface area contributed by atoms with E-state index in [4.69, 9.17) is 0 Å². The Morgan fingerprint density at radius 3 is 2.66 bits per heavy atom. The second kappa shape index (κ2) is 8.37. The van der Waals surface area contributed by atoms with E-state index in [2.05, 4.69) is 15.0 Å². The van der Waals surface area contributed by atoms with Crippen molar-refractivity contribution >= 4 is 16.6 Å². The van der Waals surface area contributed by atoms with E-state index in [-0.39, 0.29) is 30.6 Å². The second-order valence-electron chi connectivity index (χ2n) is 7.71. The van der Waals surface area contributed by atoms with E-state index in [1.165, 1.54) is 12.3 Å². The van der Waals surface area contributed by atoms with Gasteiger partial charge in [0, 0.05) is 55.0 Å². The number of rotatable bonds is 6. The van der Waals surface area contributed by atoms with Crippen molar-refractivity contribution in [1.29, 1.82) is 0 Å². The predicted octanol–water partition coefficient (Wildman–Crippen LogP) is 3.57. The van der Waals surface area contributed by atoms with Crippen LogP contribution in [0.4, 0.5) is 8.78 Å². The van der Waals surface area contributed by atoms with E-state index in [9.17, 15) is 13.6 Å². The van der Waals surface area contributed by atoms with Crippen LogP contribution in [0, 0.1) is 11.7 Å². The summed E-state index contributed by atoms with van der Waals surface area (Å²) in [5, 5.41) is 5.30. The molecule has 0 aliphatic carbocycles. The highest BCUT2D eigenvalue weighted by atomic mass is 19.1. The number of aromatic nitrogens is 3. The SMILES string of the molecule is Cn1cc(-c2cc(F)c3cnc(CC(=O)C4CCN(CCF)CC4)cc3c2)cn1. The van der Waals surface area contributed by atoms with Crippen LogP contribution in [0.2, 0.25) is 0 Å². The Bertz CT molecular complexity index is 1020. The molecule has 0 spiro atoms. The number of piperidine rings is 1. The number of carbonyl (C=O) groups is 1. The quantitative estimate of drug-likeness (QED) is 0.637. The minimum absolute atomic E-state index is 0.0122. The van der Waals surface area contributed by atoms with Gasteiger partial charge in [-0.25, -0.2) is 8.78 Å². The number of fused-ring (bicyclic) bond motifs is 1. The van der Waals surface area contributed by atoms with Gasteiger partial charge in [0.15, 0.2) is 0 Å². The average Bonchev–Trinajstić information content (AvgIpc) is 3.15. The van der Waals surface area contributed by atoms with Gasteiger partial charge in [0.1, 0.15) is 18.3 Å². The molecule has 1 aliphatic heterocycles. The molecular formula is C22H24F2N4O. The molecule has 1 saturated heterocycles. The van der Waals surface area contributed by atoms with Gasteiger partial charge >= 0.3 is 0 Å². The summed E-state index contributed by atoms with van der Waals surface area (Å²) in [6.45, 7) is 1.60. The van der Waals surface area contributed by atoms with E-state index >= 15 is 0 Å². The van der Waals surface area contributed by atoms with Crippen LogP contribution in [0.25, 0.3) is 21.9 Å². The summed E-state index contributed by atoms with van der Waals surface area (Å²) in [5.41, 5.74) is 2.23. The normalized spacial score (nSPS) is 15.8. The Morgan fingerprint density at radius 2 is 1.97 bits per heavy atom. The van der Waals surface area contributed by atoms with Gasteiger partial charge in [0.2, 0.25) is 0 Å². The number of Topliss-reactive ketones (excluding diaryl/α,β-unsaturated/α-hetero) is 1. The van der Waals surface area contributed by atoms with Crippen molar-refractivity contribution in [3.05, 3.63) is 48.3 Å². The maximum absolute atomic E-state index is 14.6. The molecule has 0 saturated carbocycles. The molecule has 3 aromatic rings. The summed E-state index contributed by atoms with van der Waals surface area (Å²) in [4.78, 5) is 19.1. The number of aryl methyl sites for hydroxylation is 1. The van der Waals surface area contributed by atoms with Gasteiger partial charge in [-0.05, 0) is 55.1 Å². The van der Waals surface area contributed by atoms with E-state index in [0.717, 1.165) is 42.4 Å². The highest BCUT2D eigenvalue weighted by molar-refractivity contribution is 5.89. The first kappa shape index (κ1) is 19.6. The number of alkyl halides is 1. The third-order valence-corrected chi connectivity index (χ3v) is 5.68. The molecule has 2 aromatic heterocycles. The number of benzene rings is 1. The van der Waals surface area contributed by atoms with Crippen LogP contribution in [0.1, 0.15) is 18.5 Å². The van der Waals surface area contributed by atoms with Crippen molar-refractivity contribution in [2.45, 2.75) is 19.3 Å². The molecular weight excluding hydrogens is 374 g/mol. The number of hydrogen-bond acceptors (Lipinski definition) is 4. The summed E-state index contributed by atoms with van der Waals surface area (Å²) in [6, 6.07) is 5.19. The lowest BCUT2D eigenvalue weighted by molar-refractivity contribution is -0.123. The zero-order valence-corrected chi connectivity index (χ0v) is 16.4. The molecule has 0 unspecified atom stereocenters. The van der Waals surface area contributed by atoms with Gasteiger partial charge < -0.3 is 4.90 Å². The van der Waals surface area contributed by atoms with Gasteiger partial charge in [0.25, 0.3) is 0 Å². The predicted molar refractivity (Wildman–Crippen MR) is 108 cm³/mol. The fourth-order valence-electron chi connectivity index (χ4n) is 4.01. The van der Waals surface area contributed by atoms with Crippen LogP contribution in [0.3, 0.4) is 0 Å². The van der Waals surface area contributed by atoms with Gasteiger partial charge in [-0.2, -0.15) is 5.10 Å². The summed E-state index contributed by atoms with van der Waals surface area (Å²) < 4.78 is 28.7. The zero-order valence-electron chi connectivity index (χ0n) is 16.4. The largest absolute Gasteiger partial charge is 0.301 e. The van der Waals surface area contributed by atoms with Crippen LogP contribution in [-0.4, -0.2) is 51.8 Å². The van der Waals surface area contributed by atoms with Gasteiger partial charge in [-0.3, -0.25) is 14.5 Å². The Labute approximate surface area is 168 Å². The van der Waals surface area contributed by atoms with Crippen LogP contribution in [-0.2, 0) is 18.3 Å². The summed E-state index contributed by atoms with van der Waals surface area (Å²) in [5.74, 6) is -0.200. The molecule has 0 atom stereocenters. The summed E-state index contributed by atoms with van der Waals surface area (Å²) in [6.07, 6.45) is 6.79. The van der Waals surface area contributed by atoms with Crippen molar-refractivity contribution in [3.63, 3.8) is 0 Å². The number of halogens is 2. The highest BCUT2D eigenvalue weighted by Crippen LogP contribution is 2.27. The molecule has 152 valence electrons. The van der Waals surface area contributed by atoms with Crippen molar-refractivity contribution in [2.24, 2.45) is 13.0 Å². The lowest BCUT2D eigenvalue weighted by Gasteiger charge is -2.30. The van der Waals surface area contributed by atoms with Crippen LogP contribution in [0.15, 0.2) is 36.8 Å². The molecule has 29 heavy (non-hydrogen) atoms. The first-order valence-electron chi connectivity index (χ1n) is 9.91. The number of carbonyl (C=O) groups excluding carboxylic acids is 1. The van der Waals surface area contributed by atoms with E-state index < -0.39 is 0 Å². The molecule has 0 bridgehead atoms. The molecule has 4 rings (SSSR count). The van der Waals surface area contributed by atoms with Crippen molar-refractivity contribution in [1.82, 2.24) is 19.7 Å². The first-order chi connectivity index (χ1) is 14.0. The molecule has 1 aliphatic rings. The number of likely N-dealkylation sites (tertiary alicyclic amines) is 1. The minimum atomic E-state index is -0.350. The van der Waals surface area contributed by atoms with Crippen LogP contribution in [0.5, 0.6) is 0 Å². The zero-order chi connectivity index (χ0) is 20.4. The Hall–Kier alpha value is -2.67. The Morgan fingerprint density at radius 1 is 1.17 bits per heavy atom. The molecule has 3 heterocycles. The van der Waals surface area contributed by atoms with Crippen molar-refractivity contribution < 1.29 is 13.6 Å². The highest BCUT2D eigenvalue weighted by Gasteiger charge is 2.25. The van der Waals surface area contributed by atoms with Gasteiger partial charge in [-0.1, -0.05) is 0 Å². The van der Waals surface area contributed by atoms with E-state index in [1.807, 2.05) is 19.3 Å². The third-order valence-electron chi connectivity index (χ3n) is 5.68. The fraction of sp³-hybridized carbons (Fsp3) is 0.409. The number of pyridine rings is 1. The Balaban J connectivity index is 1.51. The van der Waals surface area contributed by atoms with E-state index in [0.29, 0.717) is 17.6 Å².